The number of thiocarbonyl (C=S) groups is 1. The average molecular weight is 278 g/mol. The van der Waals surface area contributed by atoms with Crippen LogP contribution in [0.3, 0.4) is 0 Å². The van der Waals surface area contributed by atoms with Crippen molar-refractivity contribution in [2.45, 2.75) is 25.3 Å². The molecule has 1 fully saturated rings. The zero-order chi connectivity index (χ0) is 12.5. The number of hydrogen-bond acceptors (Lipinski definition) is 5. The second-order valence-electron chi connectivity index (χ2n) is 4.48. The highest BCUT2D eigenvalue weighted by Gasteiger charge is 2.30. The molecule has 0 saturated heterocycles. The van der Waals surface area contributed by atoms with Gasteiger partial charge in [0.1, 0.15) is 17.0 Å². The van der Waals surface area contributed by atoms with E-state index in [2.05, 4.69) is 26.3 Å². The van der Waals surface area contributed by atoms with E-state index in [4.69, 9.17) is 18.0 Å². The van der Waals surface area contributed by atoms with Gasteiger partial charge in [0.25, 0.3) is 0 Å². The van der Waals surface area contributed by atoms with Gasteiger partial charge in [0.2, 0.25) is 0 Å². The van der Waals surface area contributed by atoms with Crippen molar-refractivity contribution in [3.8, 4) is 0 Å². The van der Waals surface area contributed by atoms with Crippen LogP contribution in [0, 0.1) is 0 Å². The maximum absolute atomic E-state index is 5.61. The van der Waals surface area contributed by atoms with Crippen molar-refractivity contribution in [3.63, 3.8) is 0 Å². The summed E-state index contributed by atoms with van der Waals surface area (Å²) in [6, 6.07) is 2.68. The molecule has 94 valence electrons. The Labute approximate surface area is 115 Å². The van der Waals surface area contributed by atoms with E-state index in [1.54, 1.807) is 17.7 Å². The lowest BCUT2D eigenvalue weighted by molar-refractivity contribution is 0.789. The van der Waals surface area contributed by atoms with Gasteiger partial charge in [0.05, 0.1) is 10.4 Å². The first kappa shape index (κ1) is 11.8. The summed E-state index contributed by atoms with van der Waals surface area (Å²) in [6.07, 6.45) is 4.84. The predicted molar refractivity (Wildman–Crippen MR) is 79.2 cm³/mol. The van der Waals surface area contributed by atoms with Crippen LogP contribution in [0.2, 0.25) is 0 Å². The van der Waals surface area contributed by atoms with Crippen LogP contribution in [0.25, 0.3) is 10.2 Å². The number of nitrogens with two attached hydrogens (primary N) is 1. The molecule has 0 amide bonds. The van der Waals surface area contributed by atoms with Crippen molar-refractivity contribution in [1.29, 1.82) is 0 Å². The molecule has 0 radical (unpaired) electrons. The summed E-state index contributed by atoms with van der Waals surface area (Å²) in [5, 5.41) is 3.19. The standard InChI is InChI=1S/C12H14N4S2/c13-10(17)3-5-16(8-1-2-8)11-9-4-6-18-12(9)15-7-14-11/h4,6-8H,1-3,5H2,(H2,13,17). The van der Waals surface area contributed by atoms with Crippen LogP contribution in [-0.2, 0) is 0 Å². The van der Waals surface area contributed by atoms with Gasteiger partial charge in [-0.15, -0.1) is 11.3 Å². The SMILES string of the molecule is NC(=S)CCN(c1ncnc2sccc12)C1CC1. The van der Waals surface area contributed by atoms with E-state index in [1.807, 2.05) is 0 Å². The first-order chi connectivity index (χ1) is 8.75. The number of thiophene rings is 1. The van der Waals surface area contributed by atoms with Crippen LogP contribution in [-0.4, -0.2) is 27.5 Å². The largest absolute Gasteiger partial charge is 0.393 e. The lowest BCUT2D eigenvalue weighted by Gasteiger charge is -2.23. The van der Waals surface area contributed by atoms with Gasteiger partial charge in [-0.05, 0) is 24.3 Å². The molecular formula is C12H14N4S2. The molecule has 2 aromatic heterocycles. The fourth-order valence-electron chi connectivity index (χ4n) is 2.08. The van der Waals surface area contributed by atoms with Gasteiger partial charge in [-0.1, -0.05) is 12.2 Å². The highest BCUT2D eigenvalue weighted by Crippen LogP contribution is 2.35. The van der Waals surface area contributed by atoms with Gasteiger partial charge in [-0.3, -0.25) is 0 Å². The minimum Gasteiger partial charge on any atom is -0.393 e. The molecular weight excluding hydrogens is 264 g/mol. The maximum Gasteiger partial charge on any atom is 0.141 e. The van der Waals surface area contributed by atoms with Crippen molar-refractivity contribution in [3.05, 3.63) is 17.8 Å². The summed E-state index contributed by atoms with van der Waals surface area (Å²) in [5.41, 5.74) is 5.61. The van der Waals surface area contributed by atoms with Crippen LogP contribution in [0.4, 0.5) is 5.82 Å². The molecule has 2 N–H and O–H groups in total. The third-order valence-corrected chi connectivity index (χ3v) is 4.12. The molecule has 6 heteroatoms. The molecule has 18 heavy (non-hydrogen) atoms. The third kappa shape index (κ3) is 2.30. The molecule has 1 aliphatic carbocycles. The molecule has 4 nitrogen and oxygen atoms in total. The average Bonchev–Trinajstić information content (AvgIpc) is 3.06. The highest BCUT2D eigenvalue weighted by atomic mass is 32.1. The van der Waals surface area contributed by atoms with Crippen molar-refractivity contribution < 1.29 is 0 Å². The second-order valence-corrected chi connectivity index (χ2v) is 5.90. The number of hydrogen-bond donors (Lipinski definition) is 1. The number of rotatable bonds is 5. The van der Waals surface area contributed by atoms with Crippen LogP contribution in [0.1, 0.15) is 19.3 Å². The minimum atomic E-state index is 0.566. The summed E-state index contributed by atoms with van der Waals surface area (Å²) in [4.78, 5) is 12.7. The van der Waals surface area contributed by atoms with Crippen LogP contribution in [0.15, 0.2) is 17.8 Å². The molecule has 0 unspecified atom stereocenters. The summed E-state index contributed by atoms with van der Waals surface area (Å²) in [5.74, 6) is 1.03. The Hall–Kier alpha value is -1.27. The van der Waals surface area contributed by atoms with Crippen LogP contribution < -0.4 is 10.6 Å². The third-order valence-electron chi connectivity index (χ3n) is 3.10. The van der Waals surface area contributed by atoms with Gasteiger partial charge >= 0.3 is 0 Å². The number of fused-ring (bicyclic) bond motifs is 1. The van der Waals surface area contributed by atoms with E-state index in [9.17, 15) is 0 Å². The van der Waals surface area contributed by atoms with E-state index < -0.39 is 0 Å². The first-order valence-corrected chi connectivity index (χ1v) is 7.27. The maximum atomic E-state index is 5.61. The molecule has 0 bridgehead atoms. The molecule has 0 aromatic carbocycles. The second kappa shape index (κ2) is 4.78. The Bertz CT molecular complexity index is 576. The Morgan fingerprint density at radius 1 is 1.50 bits per heavy atom. The Morgan fingerprint density at radius 2 is 2.33 bits per heavy atom. The van der Waals surface area contributed by atoms with Crippen molar-refractivity contribution in [1.82, 2.24) is 9.97 Å². The van der Waals surface area contributed by atoms with E-state index in [0.717, 1.165) is 29.0 Å². The van der Waals surface area contributed by atoms with Crippen LogP contribution in [0.5, 0.6) is 0 Å². The summed E-state index contributed by atoms with van der Waals surface area (Å²) < 4.78 is 0. The lowest BCUT2D eigenvalue weighted by atomic mass is 10.3. The Kier molecular flexibility index (Phi) is 3.13. The van der Waals surface area contributed by atoms with E-state index in [0.29, 0.717) is 11.0 Å². The van der Waals surface area contributed by atoms with Crippen molar-refractivity contribution in [2.24, 2.45) is 5.73 Å². The monoisotopic (exact) mass is 278 g/mol. The van der Waals surface area contributed by atoms with Gasteiger partial charge < -0.3 is 10.6 Å². The fourth-order valence-corrected chi connectivity index (χ4v) is 2.90. The van der Waals surface area contributed by atoms with Gasteiger partial charge in [-0.2, -0.15) is 0 Å². The van der Waals surface area contributed by atoms with Crippen molar-refractivity contribution >= 4 is 44.6 Å². The number of nitrogens with zero attached hydrogens (tertiary/aromatic N) is 3. The number of anilines is 1. The predicted octanol–water partition coefficient (Wildman–Crippen LogP) is 2.34. The van der Waals surface area contributed by atoms with Gasteiger partial charge in [-0.25, -0.2) is 9.97 Å². The Balaban J connectivity index is 1.93. The molecule has 0 spiro atoms. The normalized spacial score (nSPS) is 14.9. The van der Waals surface area contributed by atoms with Crippen molar-refractivity contribution in [2.75, 3.05) is 11.4 Å². The van der Waals surface area contributed by atoms with Crippen LogP contribution >= 0.6 is 23.6 Å². The summed E-state index contributed by atoms with van der Waals surface area (Å²) in [7, 11) is 0. The first-order valence-electron chi connectivity index (χ1n) is 5.99. The Morgan fingerprint density at radius 3 is 3.06 bits per heavy atom. The molecule has 2 heterocycles. The zero-order valence-corrected chi connectivity index (χ0v) is 11.5. The topological polar surface area (TPSA) is 55.0 Å². The van der Waals surface area contributed by atoms with E-state index >= 15 is 0 Å². The number of aromatic nitrogens is 2. The van der Waals surface area contributed by atoms with E-state index in [1.165, 1.54) is 12.8 Å². The molecule has 0 aliphatic heterocycles. The lowest BCUT2D eigenvalue weighted by Crippen LogP contribution is -2.30. The molecule has 3 rings (SSSR count). The fraction of sp³-hybridized carbons (Fsp3) is 0.417. The molecule has 0 atom stereocenters. The highest BCUT2D eigenvalue weighted by molar-refractivity contribution is 7.80. The quantitative estimate of drug-likeness (QED) is 0.851. The smallest absolute Gasteiger partial charge is 0.141 e. The van der Waals surface area contributed by atoms with Gasteiger partial charge in [0, 0.05) is 19.0 Å². The van der Waals surface area contributed by atoms with Gasteiger partial charge in [0.15, 0.2) is 0 Å². The molecule has 1 aliphatic rings. The van der Waals surface area contributed by atoms with E-state index in [-0.39, 0.29) is 0 Å². The zero-order valence-electron chi connectivity index (χ0n) is 9.87. The molecule has 2 aromatic rings. The minimum absolute atomic E-state index is 0.566. The molecule has 1 saturated carbocycles. The summed E-state index contributed by atoms with van der Waals surface area (Å²) in [6.45, 7) is 0.849. The summed E-state index contributed by atoms with van der Waals surface area (Å²) >= 11 is 6.62.